The topological polar surface area (TPSA) is 55.1 Å². The summed E-state index contributed by atoms with van der Waals surface area (Å²) in [5, 5.41) is 3.61. The predicted molar refractivity (Wildman–Crippen MR) is 68.7 cm³/mol. The van der Waals surface area contributed by atoms with Gasteiger partial charge in [-0.3, -0.25) is 4.79 Å². The van der Waals surface area contributed by atoms with Crippen LogP contribution < -0.4 is 11.1 Å². The van der Waals surface area contributed by atoms with E-state index in [1.165, 1.54) is 25.7 Å². The zero-order valence-electron chi connectivity index (χ0n) is 10.3. The maximum Gasteiger partial charge on any atom is 0.248 e. The molecule has 1 amide bonds. The molecule has 3 nitrogen and oxygen atoms in total. The van der Waals surface area contributed by atoms with Gasteiger partial charge in [0, 0.05) is 17.6 Å². The largest absolute Gasteiger partial charge is 0.366 e. The molecule has 92 valence electrons. The van der Waals surface area contributed by atoms with Gasteiger partial charge in [0.05, 0.1) is 0 Å². The van der Waals surface area contributed by atoms with E-state index in [4.69, 9.17) is 5.73 Å². The molecule has 1 saturated carbocycles. The number of nitrogens with one attached hydrogen (secondary N) is 1. The summed E-state index contributed by atoms with van der Waals surface area (Å²) in [5.74, 6) is -0.360. The van der Waals surface area contributed by atoms with Gasteiger partial charge in [0.15, 0.2) is 0 Å². The molecule has 2 rings (SSSR count). The van der Waals surface area contributed by atoms with E-state index >= 15 is 0 Å². The maximum atomic E-state index is 11.1. The molecule has 0 atom stereocenters. The van der Waals surface area contributed by atoms with Gasteiger partial charge in [-0.05, 0) is 43.4 Å². The van der Waals surface area contributed by atoms with Crippen LogP contribution in [0.2, 0.25) is 0 Å². The highest BCUT2D eigenvalue weighted by molar-refractivity contribution is 5.92. The van der Waals surface area contributed by atoms with E-state index in [2.05, 4.69) is 12.2 Å². The fourth-order valence-electron chi connectivity index (χ4n) is 2.38. The van der Waals surface area contributed by atoms with Crippen LogP contribution in [0.15, 0.2) is 24.3 Å². The van der Waals surface area contributed by atoms with Crippen molar-refractivity contribution < 1.29 is 4.79 Å². The molecule has 0 saturated heterocycles. The second-order valence-corrected chi connectivity index (χ2v) is 4.91. The lowest BCUT2D eigenvalue weighted by Gasteiger charge is -2.42. The minimum absolute atomic E-state index is 0.336. The summed E-state index contributed by atoms with van der Waals surface area (Å²) in [5.41, 5.74) is 7.32. The summed E-state index contributed by atoms with van der Waals surface area (Å²) in [4.78, 5) is 11.1. The molecular weight excluding hydrogens is 212 g/mol. The summed E-state index contributed by atoms with van der Waals surface area (Å²) in [6.07, 6.45) is 5.02. The molecule has 1 fully saturated rings. The molecular formula is C14H20N2O. The molecule has 0 bridgehead atoms. The first-order valence-electron chi connectivity index (χ1n) is 6.29. The Morgan fingerprint density at radius 2 is 2.24 bits per heavy atom. The van der Waals surface area contributed by atoms with Crippen molar-refractivity contribution in [2.45, 2.75) is 44.7 Å². The second kappa shape index (κ2) is 4.88. The van der Waals surface area contributed by atoms with Crippen molar-refractivity contribution in [2.24, 2.45) is 5.73 Å². The van der Waals surface area contributed by atoms with Crippen LogP contribution in [0.25, 0.3) is 0 Å². The Hall–Kier alpha value is -1.35. The summed E-state index contributed by atoms with van der Waals surface area (Å²) >= 11 is 0. The number of hydrogen-bond acceptors (Lipinski definition) is 2. The third kappa shape index (κ3) is 2.67. The van der Waals surface area contributed by atoms with Crippen LogP contribution in [0.1, 0.15) is 48.5 Å². The Balaban J connectivity index is 1.99. The Labute approximate surface area is 102 Å². The SMILES string of the molecule is CCC1(NCc2cccc(C(N)=O)c2)CCC1. The predicted octanol–water partition coefficient (Wildman–Crippen LogP) is 2.21. The van der Waals surface area contributed by atoms with Crippen LogP contribution in [0.4, 0.5) is 0 Å². The lowest BCUT2D eigenvalue weighted by molar-refractivity contribution is 0.1000. The zero-order chi connectivity index (χ0) is 12.3. The van der Waals surface area contributed by atoms with Gasteiger partial charge in [0.25, 0.3) is 0 Å². The summed E-state index contributed by atoms with van der Waals surface area (Å²) in [6, 6.07) is 7.54. The molecule has 0 aromatic heterocycles. The monoisotopic (exact) mass is 232 g/mol. The van der Waals surface area contributed by atoms with Crippen LogP contribution in [-0.2, 0) is 6.54 Å². The van der Waals surface area contributed by atoms with Crippen molar-refractivity contribution in [1.29, 1.82) is 0 Å². The van der Waals surface area contributed by atoms with E-state index in [0.717, 1.165) is 12.1 Å². The summed E-state index contributed by atoms with van der Waals surface area (Å²) < 4.78 is 0. The molecule has 1 aliphatic carbocycles. The highest BCUT2D eigenvalue weighted by atomic mass is 16.1. The smallest absolute Gasteiger partial charge is 0.248 e. The molecule has 3 heteroatoms. The molecule has 0 aliphatic heterocycles. The van der Waals surface area contributed by atoms with Crippen molar-refractivity contribution in [2.75, 3.05) is 0 Å². The molecule has 3 N–H and O–H groups in total. The average molecular weight is 232 g/mol. The summed E-state index contributed by atoms with van der Waals surface area (Å²) in [7, 11) is 0. The minimum Gasteiger partial charge on any atom is -0.366 e. The van der Waals surface area contributed by atoms with Gasteiger partial charge >= 0.3 is 0 Å². The van der Waals surface area contributed by atoms with Gasteiger partial charge in [-0.25, -0.2) is 0 Å². The minimum atomic E-state index is -0.360. The van der Waals surface area contributed by atoms with Crippen LogP contribution in [-0.4, -0.2) is 11.4 Å². The zero-order valence-corrected chi connectivity index (χ0v) is 10.3. The van der Waals surface area contributed by atoms with E-state index in [-0.39, 0.29) is 5.91 Å². The standard InChI is InChI=1S/C14H20N2O/c1-2-14(7-4-8-14)16-10-11-5-3-6-12(9-11)13(15)17/h3,5-6,9,16H,2,4,7-8,10H2,1H3,(H2,15,17). The van der Waals surface area contributed by atoms with Gasteiger partial charge in [-0.15, -0.1) is 0 Å². The summed E-state index contributed by atoms with van der Waals surface area (Å²) in [6.45, 7) is 3.04. The third-order valence-electron chi connectivity index (χ3n) is 3.87. The number of amides is 1. The number of carbonyl (C=O) groups is 1. The quantitative estimate of drug-likeness (QED) is 0.817. The molecule has 17 heavy (non-hydrogen) atoms. The van der Waals surface area contributed by atoms with Crippen molar-refractivity contribution in [3.05, 3.63) is 35.4 Å². The number of nitrogens with two attached hydrogens (primary N) is 1. The third-order valence-corrected chi connectivity index (χ3v) is 3.87. The highest BCUT2D eigenvalue weighted by Crippen LogP contribution is 2.34. The van der Waals surface area contributed by atoms with Crippen molar-refractivity contribution in [3.63, 3.8) is 0 Å². The number of hydrogen-bond donors (Lipinski definition) is 2. The van der Waals surface area contributed by atoms with Crippen molar-refractivity contribution >= 4 is 5.91 Å². The second-order valence-electron chi connectivity index (χ2n) is 4.91. The van der Waals surface area contributed by atoms with Crippen molar-refractivity contribution in [3.8, 4) is 0 Å². The highest BCUT2D eigenvalue weighted by Gasteiger charge is 2.34. The first-order chi connectivity index (χ1) is 8.15. The lowest BCUT2D eigenvalue weighted by atomic mass is 9.75. The Kier molecular flexibility index (Phi) is 3.48. The lowest BCUT2D eigenvalue weighted by Crippen LogP contribution is -2.49. The number of rotatable bonds is 5. The first kappa shape index (κ1) is 12.1. The molecule has 0 radical (unpaired) electrons. The van der Waals surface area contributed by atoms with Gasteiger partial charge in [0.1, 0.15) is 0 Å². The van der Waals surface area contributed by atoms with Gasteiger partial charge in [-0.2, -0.15) is 0 Å². The Morgan fingerprint density at radius 1 is 1.47 bits per heavy atom. The average Bonchev–Trinajstić information content (AvgIpc) is 2.28. The molecule has 0 heterocycles. The van der Waals surface area contributed by atoms with Crippen molar-refractivity contribution in [1.82, 2.24) is 5.32 Å². The van der Waals surface area contributed by atoms with Gasteiger partial charge in [0.2, 0.25) is 5.91 Å². The molecule has 1 aromatic rings. The Bertz CT molecular complexity index is 405. The van der Waals surface area contributed by atoms with Crippen LogP contribution in [0.5, 0.6) is 0 Å². The molecule has 0 spiro atoms. The number of primary amides is 1. The van der Waals surface area contributed by atoms with E-state index < -0.39 is 0 Å². The molecule has 0 unspecified atom stereocenters. The van der Waals surface area contributed by atoms with E-state index in [0.29, 0.717) is 11.1 Å². The van der Waals surface area contributed by atoms with E-state index in [1.807, 2.05) is 18.2 Å². The maximum absolute atomic E-state index is 11.1. The fourth-order valence-corrected chi connectivity index (χ4v) is 2.38. The number of benzene rings is 1. The van der Waals surface area contributed by atoms with E-state index in [1.54, 1.807) is 6.07 Å². The fraction of sp³-hybridized carbons (Fsp3) is 0.500. The van der Waals surface area contributed by atoms with Crippen LogP contribution in [0, 0.1) is 0 Å². The van der Waals surface area contributed by atoms with Crippen LogP contribution >= 0.6 is 0 Å². The number of carbonyl (C=O) groups excluding carboxylic acids is 1. The first-order valence-corrected chi connectivity index (χ1v) is 6.29. The van der Waals surface area contributed by atoms with E-state index in [9.17, 15) is 4.79 Å². The molecule has 1 aromatic carbocycles. The normalized spacial score (nSPS) is 17.5. The Morgan fingerprint density at radius 3 is 2.76 bits per heavy atom. The molecule has 1 aliphatic rings. The van der Waals surface area contributed by atoms with Gasteiger partial charge < -0.3 is 11.1 Å². The van der Waals surface area contributed by atoms with Gasteiger partial charge in [-0.1, -0.05) is 19.1 Å². The van der Waals surface area contributed by atoms with Crippen LogP contribution in [0.3, 0.4) is 0 Å².